The molecular formula is C74H105Cl2N15O20. The number of urea groups is 1. The number of fused-ring (bicyclic) bond motifs is 2. The zero-order chi connectivity index (χ0) is 80.1. The van der Waals surface area contributed by atoms with Crippen molar-refractivity contribution in [3.05, 3.63) is 95.0 Å². The lowest BCUT2D eigenvalue weighted by atomic mass is 10.1. The van der Waals surface area contributed by atoms with Gasteiger partial charge in [-0.1, -0.05) is 23.2 Å². The zero-order valence-electron chi connectivity index (χ0n) is 62.9. The van der Waals surface area contributed by atoms with E-state index < -0.39 is 11.9 Å². The number of benzene rings is 4. The second-order valence-electron chi connectivity index (χ2n) is 24.3. The molecule has 6 rings (SSSR count). The molecule has 2 heterocycles. The minimum atomic E-state index is -1.08. The Morgan fingerprint density at radius 3 is 1.17 bits per heavy atom. The minimum absolute atomic E-state index is 0.133. The average Bonchev–Trinajstić information content (AvgIpc) is 0.792. The van der Waals surface area contributed by atoms with E-state index in [1.54, 1.807) is 50.4 Å². The van der Waals surface area contributed by atoms with Crippen molar-refractivity contribution in [1.82, 2.24) is 45.7 Å². The molecule has 4 aromatic carbocycles. The van der Waals surface area contributed by atoms with Crippen LogP contribution in [-0.2, 0) is 71.3 Å². The smallest absolute Gasteiger partial charge is 0.317 e. The van der Waals surface area contributed by atoms with Gasteiger partial charge in [0.15, 0.2) is 11.9 Å². The van der Waals surface area contributed by atoms with Gasteiger partial charge in [0.25, 0.3) is 11.9 Å². The number of ketones is 2. The zero-order valence-corrected chi connectivity index (χ0v) is 64.4. The molecule has 2 aromatic heterocycles. The van der Waals surface area contributed by atoms with E-state index in [0.717, 1.165) is 21.9 Å². The number of hydrogen-bond acceptors (Lipinski definition) is 26. The van der Waals surface area contributed by atoms with Crippen LogP contribution in [0, 0.1) is 0 Å². The van der Waals surface area contributed by atoms with Crippen LogP contribution in [0.1, 0.15) is 45.4 Å². The molecule has 0 saturated carbocycles. The number of aromatic nitrogens is 4. The SMILES string of the molecule is CC(=O)CCCOCCOCCNC(=O)NCCOCCOCCOCCOc1ccc(-c2nc(N=C(N)N)nc3ccc(Cl)cc23)cc1.CN(CCN(CC(=O)O)CC(=O)NCCOCCOCCCC(=O)CCCOCCOCCOCCOc1ccc(-c2nc(N=C(N)N)nc3ccc(Cl)cc23)cc1)CC(=O)O. The first-order chi connectivity index (χ1) is 53.7. The summed E-state index contributed by atoms with van der Waals surface area (Å²) in [5, 5.41) is 28.7. The molecule has 111 heavy (non-hydrogen) atoms. The average molecular weight is 1600 g/mol. The Morgan fingerprint density at radius 2 is 0.793 bits per heavy atom. The number of nitrogens with two attached hydrogens (primary N) is 4. The molecule has 0 radical (unpaired) electrons. The van der Waals surface area contributed by atoms with Crippen molar-refractivity contribution in [2.45, 2.75) is 45.4 Å². The number of aliphatic imine (C=N–C) groups is 2. The van der Waals surface area contributed by atoms with E-state index in [0.29, 0.717) is 241 Å². The predicted molar refractivity (Wildman–Crippen MR) is 417 cm³/mol. The second-order valence-corrected chi connectivity index (χ2v) is 25.2. The van der Waals surface area contributed by atoms with Crippen LogP contribution in [0.4, 0.5) is 16.7 Å². The Balaban J connectivity index is 0.000000408. The van der Waals surface area contributed by atoms with Gasteiger partial charge < -0.3 is 111 Å². The van der Waals surface area contributed by atoms with E-state index >= 15 is 0 Å². The number of ether oxygens (including phenoxy) is 12. The van der Waals surface area contributed by atoms with Gasteiger partial charge in [-0.25, -0.2) is 24.7 Å². The number of rotatable bonds is 60. The first-order valence-electron chi connectivity index (χ1n) is 36.2. The van der Waals surface area contributed by atoms with Gasteiger partial charge in [-0.2, -0.15) is 9.98 Å². The normalized spacial score (nSPS) is 11.2. The molecule has 37 heteroatoms. The quantitative estimate of drug-likeness (QED) is 0.0138. The second kappa shape index (κ2) is 56.1. The molecule has 0 saturated heterocycles. The van der Waals surface area contributed by atoms with E-state index in [-0.39, 0.29) is 86.7 Å². The molecule has 0 unspecified atom stereocenters. The number of likely N-dealkylation sites (N-methyl/N-ethyl adjacent to an activating group) is 1. The summed E-state index contributed by atoms with van der Waals surface area (Å²) < 4.78 is 66.5. The number of aliphatic carboxylic acids is 2. The number of nitrogens with one attached hydrogen (secondary N) is 3. The van der Waals surface area contributed by atoms with Gasteiger partial charge in [0.05, 0.1) is 154 Å². The molecule has 13 N–H and O–H groups in total. The van der Waals surface area contributed by atoms with E-state index in [1.807, 2.05) is 48.5 Å². The van der Waals surface area contributed by atoms with Gasteiger partial charge in [-0.05, 0) is 118 Å². The topological polar surface area (TPSA) is 477 Å². The van der Waals surface area contributed by atoms with Gasteiger partial charge in [0, 0.05) is 104 Å². The third-order valence-electron chi connectivity index (χ3n) is 15.1. The summed E-state index contributed by atoms with van der Waals surface area (Å²) >= 11 is 12.5. The monoisotopic (exact) mass is 1590 g/mol. The summed E-state index contributed by atoms with van der Waals surface area (Å²) in [6, 6.07) is 25.3. The summed E-state index contributed by atoms with van der Waals surface area (Å²) in [4.78, 5) is 97.7. The molecular weight excluding hydrogens is 1490 g/mol. The maximum absolute atomic E-state index is 12.2. The summed E-state index contributed by atoms with van der Waals surface area (Å²) in [5.74, 6) is -0.749. The molecule has 3 amide bonds. The van der Waals surface area contributed by atoms with E-state index in [9.17, 15) is 28.8 Å². The standard InChI is InChI=1S/C41H59ClN8O12.C33H46ClN7O8/c1-49(28-37(53)54)13-14-50(29-38(55)56)27-36(52)45-12-17-59-20-18-57-15-2-4-32(51)5-3-16-58-19-21-60-22-23-61-24-25-62-33-9-6-30(7-10-33)39-34-26-31(42)8-11-35(34)46-41(47-39)48-40(43)44;1-24(42)3-2-12-44-15-16-45-13-10-37-33(43)38-11-14-46-17-18-47-19-20-48-21-22-49-27-7-4-25(5-8-27)30-28-23-26(34)6-9-29(28)39-32(40-30)41-31(35)36/h6-11,26H,2-5,12-25,27-29H2,1H3,(H,45,52)(H,53,54)(H,55,56)(H4,43,44,46,47,48);4-9,23H,2-3,10-22H2,1H3,(H2,37,38,43)(H4,35,36,39,40,41). The molecule has 0 fully saturated rings. The Morgan fingerprint density at radius 1 is 0.432 bits per heavy atom. The number of carbonyl (C=O) groups excluding carboxylic acids is 4. The summed E-state index contributed by atoms with van der Waals surface area (Å²) in [7, 11) is 1.60. The highest BCUT2D eigenvalue weighted by Gasteiger charge is 2.18. The van der Waals surface area contributed by atoms with Crippen molar-refractivity contribution in [1.29, 1.82) is 0 Å². The number of guanidine groups is 2. The summed E-state index contributed by atoms with van der Waals surface area (Å²) in [6.07, 6.45) is 3.33. The van der Waals surface area contributed by atoms with Gasteiger partial charge in [-0.15, -0.1) is 0 Å². The minimum Gasteiger partial charge on any atom is -0.491 e. The molecule has 610 valence electrons. The number of carboxylic acids is 2. The Kier molecular flexibility index (Phi) is 46.7. The van der Waals surface area contributed by atoms with Crippen LogP contribution in [0.3, 0.4) is 0 Å². The largest absolute Gasteiger partial charge is 0.491 e. The molecule has 0 atom stereocenters. The number of nitrogens with zero attached hydrogens (tertiary/aromatic N) is 8. The molecule has 0 aliphatic carbocycles. The Hall–Kier alpha value is -9.18. The number of halogens is 2. The molecule has 0 aliphatic rings. The molecule has 0 bridgehead atoms. The highest BCUT2D eigenvalue weighted by Crippen LogP contribution is 2.33. The first kappa shape index (κ1) is 92.4. The van der Waals surface area contributed by atoms with Gasteiger partial charge >= 0.3 is 18.0 Å². The number of amides is 3. The maximum Gasteiger partial charge on any atom is 0.317 e. The van der Waals surface area contributed by atoms with Crippen molar-refractivity contribution in [2.75, 3.05) is 205 Å². The van der Waals surface area contributed by atoms with E-state index in [1.165, 1.54) is 9.80 Å². The van der Waals surface area contributed by atoms with Crippen LogP contribution in [0.25, 0.3) is 44.3 Å². The molecule has 0 aliphatic heterocycles. The van der Waals surface area contributed by atoms with Gasteiger partial charge in [-0.3, -0.25) is 29.0 Å². The van der Waals surface area contributed by atoms with Crippen LogP contribution >= 0.6 is 23.2 Å². The first-order valence-corrected chi connectivity index (χ1v) is 37.0. The molecule has 35 nitrogen and oxygen atoms in total. The highest BCUT2D eigenvalue weighted by atomic mass is 35.5. The molecule has 0 spiro atoms. The van der Waals surface area contributed by atoms with E-state index in [4.69, 9.17) is 113 Å². The lowest BCUT2D eigenvalue weighted by molar-refractivity contribution is -0.140. The Bertz CT molecular complexity index is 3790. The fraction of sp³-hybridized carbons (Fsp3) is 0.514. The van der Waals surface area contributed by atoms with Crippen LogP contribution < -0.4 is 48.4 Å². The highest BCUT2D eigenvalue weighted by molar-refractivity contribution is 6.32. The predicted octanol–water partition coefficient (Wildman–Crippen LogP) is 4.95. The van der Waals surface area contributed by atoms with Crippen LogP contribution in [-0.4, -0.2) is 292 Å². The van der Waals surface area contributed by atoms with Crippen LogP contribution in [0.15, 0.2) is 94.9 Å². The fourth-order valence-electron chi connectivity index (χ4n) is 9.91. The number of Topliss-reactive ketones (excluding diaryl/α,β-unsaturated/α-hetero) is 2. The fourth-order valence-corrected chi connectivity index (χ4v) is 10.3. The third kappa shape index (κ3) is 42.7. The van der Waals surface area contributed by atoms with Crippen molar-refractivity contribution in [2.24, 2.45) is 32.9 Å². The van der Waals surface area contributed by atoms with E-state index in [2.05, 4.69) is 45.9 Å². The van der Waals surface area contributed by atoms with Crippen LogP contribution in [0.2, 0.25) is 10.0 Å². The van der Waals surface area contributed by atoms with Crippen molar-refractivity contribution in [3.8, 4) is 34.0 Å². The maximum atomic E-state index is 12.2. The summed E-state index contributed by atoms with van der Waals surface area (Å²) in [6.45, 7) is 11.2. The van der Waals surface area contributed by atoms with Crippen molar-refractivity contribution >= 4 is 104 Å². The third-order valence-corrected chi connectivity index (χ3v) is 15.6. The number of carbonyl (C=O) groups is 6. The lowest BCUT2D eigenvalue weighted by Crippen LogP contribution is -2.44. The Labute approximate surface area is 654 Å². The number of carboxylic acid groups (broad SMARTS) is 2. The summed E-state index contributed by atoms with van der Waals surface area (Å²) in [5.41, 5.74) is 26.3. The van der Waals surface area contributed by atoms with Crippen LogP contribution in [0.5, 0.6) is 11.5 Å². The number of hydrogen-bond donors (Lipinski definition) is 9. The van der Waals surface area contributed by atoms with Crippen molar-refractivity contribution in [3.63, 3.8) is 0 Å². The van der Waals surface area contributed by atoms with Gasteiger partial charge in [0.1, 0.15) is 36.3 Å². The lowest BCUT2D eigenvalue weighted by Gasteiger charge is -2.22. The molecule has 6 aromatic rings. The van der Waals surface area contributed by atoms with Crippen molar-refractivity contribution < 1.29 is 95.8 Å². The van der Waals surface area contributed by atoms with Gasteiger partial charge in [0.2, 0.25) is 5.91 Å².